The molecule has 2 aromatic heterocycles. The molecule has 14 nitrogen and oxygen atoms in total. The summed E-state index contributed by atoms with van der Waals surface area (Å²) in [4.78, 5) is 15.7. The molecule has 0 aliphatic carbocycles. The lowest BCUT2D eigenvalue weighted by Crippen LogP contribution is -2.29. The van der Waals surface area contributed by atoms with E-state index in [1.165, 1.54) is 33.7 Å². The molecule has 0 aliphatic rings. The smallest absolute Gasteiger partial charge is 0.386 e. The third-order valence-electron chi connectivity index (χ3n) is 10.8. The van der Waals surface area contributed by atoms with E-state index in [1.807, 2.05) is 72.8 Å². The van der Waals surface area contributed by atoms with Gasteiger partial charge in [-0.1, -0.05) is 78.9 Å². The van der Waals surface area contributed by atoms with Crippen molar-refractivity contribution in [3.63, 3.8) is 0 Å². The van der Waals surface area contributed by atoms with Crippen molar-refractivity contribution in [3.8, 4) is 22.3 Å². The maximum atomic E-state index is 12.5. The Morgan fingerprint density at radius 2 is 0.930 bits per heavy atom. The normalized spacial score (nSPS) is 12.6. The number of nitrogens with zero attached hydrogens (tertiary/aromatic N) is 2. The van der Waals surface area contributed by atoms with Gasteiger partial charge in [0, 0.05) is 29.8 Å². The molecule has 0 saturated heterocycles. The number of aliphatic hydroxyl groups is 1. The van der Waals surface area contributed by atoms with Crippen molar-refractivity contribution < 1.29 is 56.7 Å². The second-order valence-electron chi connectivity index (χ2n) is 16.9. The maximum Gasteiger partial charge on any atom is 0.516 e. The molecule has 71 heavy (non-hydrogen) atoms. The molecule has 8 rings (SSSR count). The molecular formula is C48H45F6N7O7S3. The number of sulfonamides is 3. The minimum absolute atomic E-state index is 0.159. The lowest BCUT2D eigenvalue weighted by molar-refractivity contribution is -0.0435. The third-order valence-corrected chi connectivity index (χ3v) is 13.6. The van der Waals surface area contributed by atoms with Crippen LogP contribution in [0.15, 0.2) is 133 Å². The van der Waals surface area contributed by atoms with Gasteiger partial charge in [-0.05, 0) is 115 Å². The van der Waals surface area contributed by atoms with Crippen LogP contribution in [0.4, 0.5) is 43.4 Å². The van der Waals surface area contributed by atoms with E-state index in [9.17, 15) is 56.7 Å². The van der Waals surface area contributed by atoms with Crippen molar-refractivity contribution in [2.24, 2.45) is 0 Å². The number of hydrogen-bond acceptors (Lipinski definition) is 9. The quantitative estimate of drug-likeness (QED) is 0.0538. The zero-order valence-corrected chi connectivity index (χ0v) is 40.3. The zero-order chi connectivity index (χ0) is 51.6. The summed E-state index contributed by atoms with van der Waals surface area (Å²) in [6.45, 7) is 3.49. The van der Waals surface area contributed by atoms with Crippen LogP contribution in [0, 0.1) is 0 Å². The predicted octanol–water partition coefficient (Wildman–Crippen LogP) is 10.2. The number of aromatic nitrogens is 4. The van der Waals surface area contributed by atoms with Crippen molar-refractivity contribution in [1.82, 2.24) is 19.9 Å². The van der Waals surface area contributed by atoms with Gasteiger partial charge in [0.05, 0.1) is 39.6 Å². The second-order valence-corrected chi connectivity index (χ2v) is 21.9. The van der Waals surface area contributed by atoms with Crippen LogP contribution in [0.2, 0.25) is 0 Å². The minimum atomic E-state index is -5.47. The number of fused-ring (bicyclic) bond motifs is 2. The van der Waals surface area contributed by atoms with E-state index < -0.39 is 46.7 Å². The molecular weight excluding hydrogens is 997 g/mol. The summed E-state index contributed by atoms with van der Waals surface area (Å²) in [5.74, 6) is 1.43. The highest BCUT2D eigenvalue weighted by atomic mass is 32.2. The Hall–Kier alpha value is -6.95. The summed E-state index contributed by atoms with van der Waals surface area (Å²) in [6.07, 6.45) is 3.21. The van der Waals surface area contributed by atoms with Crippen LogP contribution in [-0.2, 0) is 61.4 Å². The van der Waals surface area contributed by atoms with Gasteiger partial charge in [-0.3, -0.25) is 14.2 Å². The van der Waals surface area contributed by atoms with Gasteiger partial charge >= 0.3 is 31.1 Å². The first-order valence-corrected chi connectivity index (χ1v) is 26.2. The van der Waals surface area contributed by atoms with Gasteiger partial charge in [0.15, 0.2) is 0 Å². The molecule has 0 aliphatic heterocycles. The Morgan fingerprint density at radius 1 is 0.521 bits per heavy atom. The number of alkyl halides is 6. The molecule has 0 radical (unpaired) electrons. The van der Waals surface area contributed by atoms with Crippen LogP contribution in [-0.4, -0.2) is 67.6 Å². The summed E-state index contributed by atoms with van der Waals surface area (Å²) in [6, 6.07) is 37.5. The van der Waals surface area contributed by atoms with Crippen LogP contribution in [0.25, 0.3) is 44.3 Å². The summed E-state index contributed by atoms with van der Waals surface area (Å²) in [5.41, 5.74) is -2.71. The number of nitrogens with one attached hydrogen (secondary N) is 5. The zero-order valence-electron chi connectivity index (χ0n) is 37.8. The van der Waals surface area contributed by atoms with Gasteiger partial charge in [0.25, 0.3) is 0 Å². The Labute approximate surface area is 404 Å². The Balaban J connectivity index is 0.000000209. The Morgan fingerprint density at radius 3 is 1.35 bits per heavy atom. The van der Waals surface area contributed by atoms with Gasteiger partial charge < -0.3 is 15.1 Å². The lowest BCUT2D eigenvalue weighted by Gasteiger charge is -2.21. The topological polar surface area (TPSA) is 216 Å². The van der Waals surface area contributed by atoms with E-state index >= 15 is 0 Å². The number of H-pyrrole nitrogens is 2. The number of anilines is 3. The van der Waals surface area contributed by atoms with Gasteiger partial charge in [0.1, 0.15) is 11.6 Å². The molecule has 0 spiro atoms. The Kier molecular flexibility index (Phi) is 14.6. The highest BCUT2D eigenvalue weighted by Crippen LogP contribution is 2.34. The first kappa shape index (κ1) is 51.9. The molecule has 374 valence electrons. The van der Waals surface area contributed by atoms with Crippen LogP contribution in [0.5, 0.6) is 0 Å². The van der Waals surface area contributed by atoms with Crippen molar-refractivity contribution >= 4 is 69.2 Å². The van der Waals surface area contributed by atoms with Crippen LogP contribution >= 0.6 is 0 Å². The number of para-hydroxylation sites is 1. The molecule has 0 saturated carbocycles. The highest BCUT2D eigenvalue weighted by molar-refractivity contribution is 7.93. The average Bonchev–Trinajstić information content (AvgIpc) is 3.90. The minimum Gasteiger partial charge on any atom is -0.386 e. The fourth-order valence-electron chi connectivity index (χ4n) is 7.42. The number of aryl methyl sites for hydroxylation is 4. The van der Waals surface area contributed by atoms with Gasteiger partial charge in [-0.2, -0.15) is 43.2 Å². The summed E-state index contributed by atoms with van der Waals surface area (Å²) in [5, 5.41) is 10.5. The summed E-state index contributed by atoms with van der Waals surface area (Å²) >= 11 is 0. The lowest BCUT2D eigenvalue weighted by atomic mass is 9.89. The summed E-state index contributed by atoms with van der Waals surface area (Å²) < 4.78 is 149. The molecule has 23 heteroatoms. The second kappa shape index (κ2) is 20.0. The largest absolute Gasteiger partial charge is 0.516 e. The van der Waals surface area contributed by atoms with Crippen molar-refractivity contribution in [2.45, 2.75) is 56.1 Å². The average molecular weight is 1040 g/mol. The van der Waals surface area contributed by atoms with Gasteiger partial charge in [-0.15, -0.1) is 0 Å². The van der Waals surface area contributed by atoms with Crippen LogP contribution < -0.4 is 14.2 Å². The number of halogens is 6. The van der Waals surface area contributed by atoms with E-state index in [4.69, 9.17) is 0 Å². The summed E-state index contributed by atoms with van der Waals surface area (Å²) in [7, 11) is -14.4. The predicted molar refractivity (Wildman–Crippen MR) is 262 cm³/mol. The number of imidazole rings is 2. The highest BCUT2D eigenvalue weighted by Gasteiger charge is 2.46. The molecule has 6 aromatic carbocycles. The van der Waals surface area contributed by atoms with Gasteiger partial charge in [0.2, 0.25) is 10.0 Å². The monoisotopic (exact) mass is 1040 g/mol. The van der Waals surface area contributed by atoms with E-state index in [0.717, 1.165) is 67.5 Å². The molecule has 8 aromatic rings. The molecule has 0 fully saturated rings. The molecule has 0 unspecified atom stereocenters. The van der Waals surface area contributed by atoms with Crippen molar-refractivity contribution in [2.75, 3.05) is 20.4 Å². The van der Waals surface area contributed by atoms with E-state index in [0.29, 0.717) is 42.8 Å². The molecule has 0 bridgehead atoms. The van der Waals surface area contributed by atoms with E-state index in [1.54, 1.807) is 50.2 Å². The number of rotatable bonds is 15. The first-order chi connectivity index (χ1) is 33.1. The Bertz CT molecular complexity index is 3540. The van der Waals surface area contributed by atoms with Crippen LogP contribution in [0.3, 0.4) is 0 Å². The molecule has 2 heterocycles. The van der Waals surface area contributed by atoms with E-state index in [-0.39, 0.29) is 11.4 Å². The molecule has 0 atom stereocenters. The fraction of sp³-hybridized carbons (Fsp3) is 0.208. The van der Waals surface area contributed by atoms with Crippen molar-refractivity contribution in [1.29, 1.82) is 0 Å². The SMILES string of the molecule is CC(C)(O)c1ccccc1-c1ccc2nc(CCc3ccc(NS(=O)(=O)C(F)(F)F)cc3)[nH]c2c1.CS(=O)(=O)Nc1ccccc1-c1ccc2nc(CCc3ccc(NS(=O)(=O)C(F)(F)F)cc3)[nH]c2c1. The first-order valence-electron chi connectivity index (χ1n) is 21.4. The number of hydrogen-bond donors (Lipinski definition) is 6. The maximum absolute atomic E-state index is 12.5. The van der Waals surface area contributed by atoms with E-state index in [2.05, 4.69) is 24.7 Å². The van der Waals surface area contributed by atoms with Gasteiger partial charge in [-0.25, -0.2) is 18.4 Å². The fourth-order valence-corrected chi connectivity index (χ4v) is 9.12. The third kappa shape index (κ3) is 13.1. The van der Waals surface area contributed by atoms with Crippen LogP contribution in [0.1, 0.15) is 42.2 Å². The number of benzene rings is 6. The number of aromatic amines is 2. The molecule has 0 amide bonds. The standard InChI is InChI=1S/C25H24F3N3O3S.C23H21F3N4O4S2/c1-24(2,32)20-6-4-3-5-19(20)17-10-13-21-22(15-17)30-23(29-21)14-9-16-7-11-18(12-8-16)31-35(33,34)25(26,27)28;1-35(31,32)30-19-5-3-2-4-18(19)16-9-12-20-21(14-16)28-22(27-20)13-8-15-6-10-17(11-7-15)29-36(33,34)23(24,25)26/h3-8,10-13,15,31-32H,9,14H2,1-2H3,(H,29,30);2-7,9-12,14,29-30H,8,13H2,1H3,(H,27,28). The molecule has 6 N–H and O–H groups in total. The van der Waals surface area contributed by atoms with Crippen molar-refractivity contribution in [3.05, 3.63) is 162 Å².